The summed E-state index contributed by atoms with van der Waals surface area (Å²) in [6, 6.07) is 33.2. The Bertz CT molecular complexity index is 1860. The maximum Gasteiger partial charge on any atom is 0.128 e. The molecule has 3 aliphatic rings. The molecule has 0 amide bonds. The quantitative estimate of drug-likeness (QED) is 0.174. The summed E-state index contributed by atoms with van der Waals surface area (Å²) < 4.78 is 0. The van der Waals surface area contributed by atoms with Crippen molar-refractivity contribution in [3.05, 3.63) is 147 Å². The van der Waals surface area contributed by atoms with Gasteiger partial charge in [0.2, 0.25) is 0 Å². The molecule has 1 radical (unpaired) electrons. The molecule has 3 aromatic heterocycles. The minimum absolute atomic E-state index is 0. The maximum atomic E-state index is 4.48. The van der Waals surface area contributed by atoms with Gasteiger partial charge in [0.1, 0.15) is 34.9 Å². The third-order valence-electron chi connectivity index (χ3n) is 8.16. The second kappa shape index (κ2) is 15.7. The summed E-state index contributed by atoms with van der Waals surface area (Å²) >= 11 is 0. The zero-order valence-electron chi connectivity index (χ0n) is 29.6. The standard InChI is InChI=1S/3C13H12N4.Ir/c3*1-10-14-8-12-13(15-10)17(9-16(12)2)11-6-4-3-5-7-11;/h3*3-6,8-9H,1-2H3;/q3*-2;. The number of para-hydroxylation sites is 3. The van der Waals surface area contributed by atoms with Crippen LogP contribution in [0.3, 0.4) is 0 Å². The molecule has 12 nitrogen and oxygen atoms in total. The molecule has 0 N–H and O–H groups in total. The largest absolute Gasteiger partial charge is 0.501 e. The fourth-order valence-corrected chi connectivity index (χ4v) is 5.63. The Morgan fingerprint density at radius 1 is 0.462 bits per heavy atom. The third kappa shape index (κ3) is 7.51. The first-order valence-corrected chi connectivity index (χ1v) is 16.3. The minimum Gasteiger partial charge on any atom is -0.501 e. The molecule has 0 atom stereocenters. The van der Waals surface area contributed by atoms with E-state index >= 15 is 0 Å². The molecular formula is C39H36IrN12-6. The summed E-state index contributed by atoms with van der Waals surface area (Å²) in [5.41, 5.74) is 5.97. The average Bonchev–Trinajstić information content (AvgIpc) is 3.79. The first kappa shape index (κ1) is 36.2. The van der Waals surface area contributed by atoms with E-state index in [0.29, 0.717) is 0 Å². The van der Waals surface area contributed by atoms with Crippen LogP contribution < -0.4 is 29.4 Å². The zero-order valence-corrected chi connectivity index (χ0v) is 32.0. The van der Waals surface area contributed by atoms with Gasteiger partial charge >= 0.3 is 0 Å². The number of rotatable bonds is 3. The Labute approximate surface area is 318 Å². The predicted octanol–water partition coefficient (Wildman–Crippen LogP) is 6.87. The molecule has 6 heterocycles. The predicted molar refractivity (Wildman–Crippen MR) is 201 cm³/mol. The number of hydrogen-bond acceptors (Lipinski definition) is 12. The molecule has 6 aromatic rings. The number of anilines is 9. The van der Waals surface area contributed by atoms with E-state index in [-0.39, 0.29) is 20.1 Å². The molecule has 0 saturated carbocycles. The van der Waals surface area contributed by atoms with Crippen molar-refractivity contribution in [2.45, 2.75) is 20.8 Å². The molecule has 0 fully saturated rings. The topological polar surface area (TPSA) is 96.8 Å². The van der Waals surface area contributed by atoms with Crippen molar-refractivity contribution >= 4 is 51.6 Å². The van der Waals surface area contributed by atoms with Gasteiger partial charge in [-0.25, -0.2) is 29.9 Å². The molecule has 0 spiro atoms. The van der Waals surface area contributed by atoms with Crippen LogP contribution in [0.5, 0.6) is 0 Å². The van der Waals surface area contributed by atoms with Gasteiger partial charge in [-0.2, -0.15) is 111 Å². The van der Waals surface area contributed by atoms with E-state index in [9.17, 15) is 0 Å². The second-order valence-corrected chi connectivity index (χ2v) is 11.9. The fraction of sp³-hybridized carbons (Fsp3) is 0.154. The van der Waals surface area contributed by atoms with Gasteiger partial charge in [0.25, 0.3) is 0 Å². The minimum atomic E-state index is 0. The van der Waals surface area contributed by atoms with Gasteiger partial charge in [-0.15, -0.1) is 17.1 Å². The summed E-state index contributed by atoms with van der Waals surface area (Å²) in [7, 11) is 5.96. The molecule has 3 aromatic carbocycles. The first-order valence-electron chi connectivity index (χ1n) is 16.3. The van der Waals surface area contributed by atoms with E-state index in [1.807, 2.05) is 183 Å². The van der Waals surface area contributed by atoms with Gasteiger partial charge in [-0.1, -0.05) is 0 Å². The SMILES string of the molecule is Cc1ncc2c(n1)N(c1[c-]cccc1)[CH-]N2C.Cc1ncc2c(n1)N(c1[c-]cccc1)[CH-]N2C.Cc1ncc2c(n1)N(c1[c-]cccc1)[CH-]N2C.[Ir]. The summed E-state index contributed by atoms with van der Waals surface area (Å²) in [5, 5.41) is 0. The van der Waals surface area contributed by atoms with Gasteiger partial charge < -0.3 is 29.4 Å². The molecule has 0 saturated heterocycles. The average molecular weight is 865 g/mol. The Morgan fingerprint density at radius 3 is 1.00 bits per heavy atom. The molecular weight excluding hydrogens is 829 g/mol. The monoisotopic (exact) mass is 865 g/mol. The van der Waals surface area contributed by atoms with Gasteiger partial charge in [-0.05, 0) is 41.9 Å². The van der Waals surface area contributed by atoms with E-state index in [1.54, 1.807) is 0 Å². The van der Waals surface area contributed by atoms with Crippen molar-refractivity contribution < 1.29 is 20.1 Å². The molecule has 13 heteroatoms. The number of benzene rings is 3. The number of aryl methyl sites for hydroxylation is 3. The Balaban J connectivity index is 0.000000133. The Hall–Kier alpha value is -5.65. The fourth-order valence-electron chi connectivity index (χ4n) is 5.63. The van der Waals surface area contributed by atoms with Gasteiger partial charge in [0, 0.05) is 20.1 Å². The van der Waals surface area contributed by atoms with Gasteiger partial charge in [0.05, 0.1) is 35.7 Å². The van der Waals surface area contributed by atoms with Gasteiger partial charge in [0.15, 0.2) is 0 Å². The van der Waals surface area contributed by atoms with Crippen molar-refractivity contribution in [3.8, 4) is 0 Å². The van der Waals surface area contributed by atoms with E-state index < -0.39 is 0 Å². The van der Waals surface area contributed by atoms with Crippen LogP contribution in [0.15, 0.2) is 91.4 Å². The van der Waals surface area contributed by atoms with Crippen molar-refractivity contribution in [3.63, 3.8) is 0 Å². The van der Waals surface area contributed by atoms with Crippen LogP contribution in [0, 0.1) is 59.0 Å². The second-order valence-electron chi connectivity index (χ2n) is 11.9. The van der Waals surface area contributed by atoms with Crippen LogP contribution in [0.2, 0.25) is 0 Å². The number of fused-ring (bicyclic) bond motifs is 3. The smallest absolute Gasteiger partial charge is 0.128 e. The first-order chi connectivity index (χ1) is 24.8. The van der Waals surface area contributed by atoms with Crippen LogP contribution in [-0.2, 0) is 20.1 Å². The summed E-state index contributed by atoms with van der Waals surface area (Å²) in [5.74, 6) is 5.03. The van der Waals surface area contributed by atoms with Crippen molar-refractivity contribution in [2.75, 3.05) is 50.5 Å². The van der Waals surface area contributed by atoms with E-state index in [0.717, 1.165) is 69.1 Å². The molecule has 9 rings (SSSR count). The molecule has 3 aliphatic heterocycles. The number of aromatic nitrogens is 6. The van der Waals surface area contributed by atoms with Crippen LogP contribution in [0.1, 0.15) is 17.5 Å². The van der Waals surface area contributed by atoms with E-state index in [4.69, 9.17) is 0 Å². The Kier molecular flexibility index (Phi) is 10.9. The molecule has 52 heavy (non-hydrogen) atoms. The van der Waals surface area contributed by atoms with Crippen molar-refractivity contribution in [1.29, 1.82) is 0 Å². The normalized spacial score (nSPS) is 13.7. The molecule has 0 unspecified atom stereocenters. The van der Waals surface area contributed by atoms with Crippen molar-refractivity contribution in [1.82, 2.24) is 29.9 Å². The molecule has 267 valence electrons. The zero-order chi connectivity index (χ0) is 35.5. The number of hydrogen-bond donors (Lipinski definition) is 0. The maximum absolute atomic E-state index is 4.48. The summed E-state index contributed by atoms with van der Waals surface area (Å²) in [6.07, 6.45) is 5.53. The number of nitrogens with zero attached hydrogens (tertiary/aromatic N) is 12. The van der Waals surface area contributed by atoms with Crippen LogP contribution >= 0.6 is 0 Å². The summed E-state index contributed by atoms with van der Waals surface area (Å²) in [6.45, 7) is 11.7. The van der Waals surface area contributed by atoms with Crippen molar-refractivity contribution in [2.24, 2.45) is 0 Å². The van der Waals surface area contributed by atoms with E-state index in [1.165, 1.54) is 0 Å². The van der Waals surface area contributed by atoms with Crippen LogP contribution in [-0.4, -0.2) is 51.0 Å². The molecule has 0 bridgehead atoms. The Morgan fingerprint density at radius 2 is 0.750 bits per heavy atom. The van der Waals surface area contributed by atoms with E-state index in [2.05, 4.69) is 48.1 Å². The third-order valence-corrected chi connectivity index (χ3v) is 8.16. The van der Waals surface area contributed by atoms with Gasteiger partial charge in [-0.3, -0.25) is 0 Å². The van der Waals surface area contributed by atoms with Crippen LogP contribution in [0.25, 0.3) is 0 Å². The molecule has 0 aliphatic carbocycles. The van der Waals surface area contributed by atoms with Crippen LogP contribution in [0.4, 0.5) is 51.6 Å². The summed E-state index contributed by atoms with van der Waals surface area (Å²) in [4.78, 5) is 38.2.